The van der Waals surface area contributed by atoms with Gasteiger partial charge in [-0.3, -0.25) is 0 Å². The van der Waals surface area contributed by atoms with E-state index in [0.717, 1.165) is 42.0 Å². The Hall–Kier alpha value is -2.69. The van der Waals surface area contributed by atoms with Crippen LogP contribution in [-0.2, 0) is 6.54 Å². The largest absolute Gasteiger partial charge is 0.497 e. The van der Waals surface area contributed by atoms with E-state index >= 15 is 0 Å². The van der Waals surface area contributed by atoms with Crippen LogP contribution in [0.1, 0.15) is 30.0 Å². The van der Waals surface area contributed by atoms with Gasteiger partial charge in [-0.25, -0.2) is 4.79 Å². The summed E-state index contributed by atoms with van der Waals surface area (Å²) in [6, 6.07) is 15.8. The molecule has 0 aromatic heterocycles. The Balaban J connectivity index is 1.63. The molecule has 0 radical (unpaired) electrons. The standard InChI is InChI=1S/C20H24N2O3/c1-24-17-10-8-16(9-11-17)19-7-4-12-22(19)20(23)21-14-15-5-3-6-18(13-15)25-2/h3,5-6,8-11,13,19H,4,7,12,14H2,1-2H3,(H,21,23). The molecule has 5 nitrogen and oxygen atoms in total. The average Bonchev–Trinajstić information content (AvgIpc) is 3.16. The number of nitrogens with zero attached hydrogens (tertiary/aromatic N) is 1. The zero-order chi connectivity index (χ0) is 17.6. The molecule has 2 aromatic carbocycles. The van der Waals surface area contributed by atoms with Crippen LogP contribution < -0.4 is 14.8 Å². The van der Waals surface area contributed by atoms with Crippen molar-refractivity contribution in [1.82, 2.24) is 10.2 Å². The summed E-state index contributed by atoms with van der Waals surface area (Å²) in [6.45, 7) is 1.27. The number of methoxy groups -OCH3 is 2. The number of hydrogen-bond donors (Lipinski definition) is 1. The number of carbonyl (C=O) groups is 1. The summed E-state index contributed by atoms with van der Waals surface area (Å²) in [5.41, 5.74) is 2.17. The van der Waals surface area contributed by atoms with Crippen LogP contribution in [0, 0.1) is 0 Å². The van der Waals surface area contributed by atoms with E-state index in [0.29, 0.717) is 6.54 Å². The average molecular weight is 340 g/mol. The molecule has 0 spiro atoms. The van der Waals surface area contributed by atoms with E-state index < -0.39 is 0 Å². The number of carbonyl (C=O) groups excluding carboxylic acids is 1. The Morgan fingerprint density at radius 2 is 1.88 bits per heavy atom. The molecule has 2 aromatic rings. The first kappa shape index (κ1) is 17.1. The number of hydrogen-bond acceptors (Lipinski definition) is 3. The van der Waals surface area contributed by atoms with Gasteiger partial charge in [-0.15, -0.1) is 0 Å². The summed E-state index contributed by atoms with van der Waals surface area (Å²) >= 11 is 0. The highest BCUT2D eigenvalue weighted by Gasteiger charge is 2.29. The van der Waals surface area contributed by atoms with Crippen molar-refractivity contribution in [2.75, 3.05) is 20.8 Å². The van der Waals surface area contributed by atoms with E-state index in [1.807, 2.05) is 53.4 Å². The molecule has 1 heterocycles. The van der Waals surface area contributed by atoms with Crippen LogP contribution in [0.4, 0.5) is 4.79 Å². The molecule has 1 atom stereocenters. The number of nitrogens with one attached hydrogen (secondary N) is 1. The fourth-order valence-corrected chi connectivity index (χ4v) is 3.24. The second kappa shape index (κ2) is 7.92. The molecule has 1 aliphatic heterocycles. The van der Waals surface area contributed by atoms with Crippen LogP contribution in [0.15, 0.2) is 48.5 Å². The summed E-state index contributed by atoms with van der Waals surface area (Å²) in [7, 11) is 3.30. The third kappa shape index (κ3) is 4.05. The van der Waals surface area contributed by atoms with Crippen LogP contribution in [0.3, 0.4) is 0 Å². The number of likely N-dealkylation sites (tertiary alicyclic amines) is 1. The molecule has 0 aliphatic carbocycles. The van der Waals surface area contributed by atoms with E-state index in [1.165, 1.54) is 0 Å². The molecular formula is C20H24N2O3. The zero-order valence-electron chi connectivity index (χ0n) is 14.7. The highest BCUT2D eigenvalue weighted by molar-refractivity contribution is 5.75. The Labute approximate surface area is 148 Å². The molecule has 25 heavy (non-hydrogen) atoms. The molecule has 1 aliphatic rings. The topological polar surface area (TPSA) is 50.8 Å². The number of benzene rings is 2. The lowest BCUT2D eigenvalue weighted by atomic mass is 10.0. The quantitative estimate of drug-likeness (QED) is 0.902. The number of rotatable bonds is 5. The van der Waals surface area contributed by atoms with Crippen molar-refractivity contribution in [2.45, 2.75) is 25.4 Å². The van der Waals surface area contributed by atoms with Crippen molar-refractivity contribution in [1.29, 1.82) is 0 Å². The first-order valence-corrected chi connectivity index (χ1v) is 8.52. The maximum absolute atomic E-state index is 12.6. The summed E-state index contributed by atoms with van der Waals surface area (Å²) in [5, 5.41) is 3.02. The Morgan fingerprint density at radius 1 is 1.12 bits per heavy atom. The van der Waals surface area contributed by atoms with Crippen LogP contribution in [0.5, 0.6) is 11.5 Å². The van der Waals surface area contributed by atoms with Gasteiger partial charge in [-0.05, 0) is 48.2 Å². The Morgan fingerprint density at radius 3 is 2.60 bits per heavy atom. The van der Waals surface area contributed by atoms with E-state index in [4.69, 9.17) is 9.47 Å². The van der Waals surface area contributed by atoms with Crippen molar-refractivity contribution >= 4 is 6.03 Å². The third-order valence-corrected chi connectivity index (χ3v) is 4.59. The number of ether oxygens (including phenoxy) is 2. The van der Waals surface area contributed by atoms with Crippen molar-refractivity contribution < 1.29 is 14.3 Å². The van der Waals surface area contributed by atoms with Gasteiger partial charge in [0, 0.05) is 13.1 Å². The SMILES string of the molecule is COc1ccc(C2CCCN2C(=O)NCc2cccc(OC)c2)cc1. The number of amides is 2. The summed E-state index contributed by atoms with van der Waals surface area (Å²) in [4.78, 5) is 14.6. The minimum atomic E-state index is -0.0267. The molecule has 1 unspecified atom stereocenters. The first-order valence-electron chi connectivity index (χ1n) is 8.52. The lowest BCUT2D eigenvalue weighted by Gasteiger charge is -2.25. The highest BCUT2D eigenvalue weighted by atomic mass is 16.5. The van der Waals surface area contributed by atoms with Gasteiger partial charge in [0.25, 0.3) is 0 Å². The first-order chi connectivity index (χ1) is 12.2. The fourth-order valence-electron chi connectivity index (χ4n) is 3.24. The van der Waals surface area contributed by atoms with Crippen molar-refractivity contribution in [3.8, 4) is 11.5 Å². The van der Waals surface area contributed by atoms with Crippen LogP contribution in [0.25, 0.3) is 0 Å². The summed E-state index contributed by atoms with van der Waals surface area (Å²) in [5.74, 6) is 1.62. The van der Waals surface area contributed by atoms with Gasteiger partial charge < -0.3 is 19.7 Å². The molecule has 132 valence electrons. The summed E-state index contributed by atoms with van der Waals surface area (Å²) < 4.78 is 10.4. The van der Waals surface area contributed by atoms with Gasteiger partial charge in [0.05, 0.1) is 20.3 Å². The smallest absolute Gasteiger partial charge is 0.318 e. The van der Waals surface area contributed by atoms with Gasteiger partial charge in [-0.1, -0.05) is 24.3 Å². The van der Waals surface area contributed by atoms with Gasteiger partial charge in [-0.2, -0.15) is 0 Å². The normalized spacial score (nSPS) is 16.6. The molecule has 5 heteroatoms. The predicted molar refractivity (Wildman–Crippen MR) is 96.9 cm³/mol. The maximum atomic E-state index is 12.6. The lowest BCUT2D eigenvalue weighted by Crippen LogP contribution is -2.39. The van der Waals surface area contributed by atoms with Gasteiger partial charge in [0.1, 0.15) is 11.5 Å². The number of urea groups is 1. The van der Waals surface area contributed by atoms with Gasteiger partial charge >= 0.3 is 6.03 Å². The molecule has 0 bridgehead atoms. The monoisotopic (exact) mass is 340 g/mol. The lowest BCUT2D eigenvalue weighted by molar-refractivity contribution is 0.192. The maximum Gasteiger partial charge on any atom is 0.318 e. The predicted octanol–water partition coefficient (Wildman–Crippen LogP) is 3.75. The van der Waals surface area contributed by atoms with E-state index in [2.05, 4.69) is 5.32 Å². The molecule has 0 saturated carbocycles. The van der Waals surface area contributed by atoms with E-state index in [9.17, 15) is 4.79 Å². The second-order valence-electron chi connectivity index (χ2n) is 6.13. The van der Waals surface area contributed by atoms with E-state index in [-0.39, 0.29) is 12.1 Å². The van der Waals surface area contributed by atoms with Crippen molar-refractivity contribution in [3.05, 3.63) is 59.7 Å². The van der Waals surface area contributed by atoms with Crippen molar-refractivity contribution in [3.63, 3.8) is 0 Å². The minimum Gasteiger partial charge on any atom is -0.497 e. The van der Waals surface area contributed by atoms with Gasteiger partial charge in [0.2, 0.25) is 0 Å². The third-order valence-electron chi connectivity index (χ3n) is 4.59. The Bertz CT molecular complexity index is 715. The molecular weight excluding hydrogens is 316 g/mol. The van der Waals surface area contributed by atoms with E-state index in [1.54, 1.807) is 14.2 Å². The van der Waals surface area contributed by atoms with Crippen molar-refractivity contribution in [2.24, 2.45) is 0 Å². The molecule has 1 fully saturated rings. The van der Waals surface area contributed by atoms with Crippen LogP contribution >= 0.6 is 0 Å². The van der Waals surface area contributed by atoms with Crippen LogP contribution in [0.2, 0.25) is 0 Å². The second-order valence-corrected chi connectivity index (χ2v) is 6.13. The summed E-state index contributed by atoms with van der Waals surface area (Å²) in [6.07, 6.45) is 2.00. The Kier molecular flexibility index (Phi) is 5.43. The van der Waals surface area contributed by atoms with Gasteiger partial charge in [0.15, 0.2) is 0 Å². The van der Waals surface area contributed by atoms with Crippen LogP contribution in [-0.4, -0.2) is 31.7 Å². The minimum absolute atomic E-state index is 0.0267. The molecule has 2 amide bonds. The molecule has 1 N–H and O–H groups in total. The highest BCUT2D eigenvalue weighted by Crippen LogP contribution is 2.32. The molecule has 3 rings (SSSR count). The molecule has 1 saturated heterocycles. The zero-order valence-corrected chi connectivity index (χ0v) is 14.7. The fraction of sp³-hybridized carbons (Fsp3) is 0.350.